The number of hydrogen-bond donors (Lipinski definition) is 2. The molecule has 1 amide bonds. The number of carbonyl (C=O) groups excluding carboxylic acids is 1. The van der Waals surface area contributed by atoms with E-state index < -0.39 is 5.91 Å². The highest BCUT2D eigenvalue weighted by molar-refractivity contribution is 6.31. The molecule has 0 spiro atoms. The van der Waals surface area contributed by atoms with Gasteiger partial charge < -0.3 is 10.2 Å². The van der Waals surface area contributed by atoms with Crippen LogP contribution in [-0.4, -0.2) is 50.9 Å². The van der Waals surface area contributed by atoms with Crippen LogP contribution in [0.5, 0.6) is 0 Å². The molecule has 1 heterocycles. The van der Waals surface area contributed by atoms with Crippen molar-refractivity contribution in [1.29, 1.82) is 5.41 Å². The second kappa shape index (κ2) is 7.92. The van der Waals surface area contributed by atoms with Crippen molar-refractivity contribution in [1.82, 2.24) is 25.1 Å². The number of carbonyl (C=O) groups is 1. The largest absolute Gasteiger partial charge is 0.363 e. The first kappa shape index (κ1) is 19.5. The molecule has 0 radical (unpaired) electrons. The Balaban J connectivity index is 1.58. The molecule has 0 unspecified atom stereocenters. The lowest BCUT2D eigenvalue weighted by Crippen LogP contribution is -2.22. The molecule has 0 saturated heterocycles. The van der Waals surface area contributed by atoms with Crippen LogP contribution >= 0.6 is 11.6 Å². The zero-order chi connectivity index (χ0) is 21.3. The van der Waals surface area contributed by atoms with Crippen LogP contribution < -0.4 is 5.32 Å². The molecule has 30 heavy (non-hydrogen) atoms. The molecule has 4 rings (SSSR count). The molecule has 0 bridgehead atoms. The Hall–Kier alpha value is -3.78. The molecular weight excluding hydrogens is 402 g/mol. The van der Waals surface area contributed by atoms with Crippen LogP contribution in [-0.2, 0) is 0 Å². The van der Waals surface area contributed by atoms with Gasteiger partial charge in [-0.3, -0.25) is 10.2 Å². The van der Waals surface area contributed by atoms with Gasteiger partial charge in [0, 0.05) is 30.4 Å². The van der Waals surface area contributed by atoms with Gasteiger partial charge in [-0.25, -0.2) is 0 Å². The Morgan fingerprint density at radius 2 is 1.73 bits per heavy atom. The van der Waals surface area contributed by atoms with Crippen molar-refractivity contribution in [2.45, 2.75) is 0 Å². The van der Waals surface area contributed by atoms with Crippen molar-refractivity contribution in [2.24, 2.45) is 0 Å². The summed E-state index contributed by atoms with van der Waals surface area (Å²) in [5.74, 6) is 0.00877. The first-order valence-electron chi connectivity index (χ1n) is 9.08. The molecule has 9 heteroatoms. The van der Waals surface area contributed by atoms with E-state index in [2.05, 4.69) is 20.8 Å². The van der Waals surface area contributed by atoms with E-state index in [1.54, 1.807) is 49.3 Å². The zero-order valence-corrected chi connectivity index (χ0v) is 17.1. The molecular formula is C21H18ClN7O. The Bertz CT molecular complexity index is 1250. The van der Waals surface area contributed by atoms with Crippen LogP contribution in [0.2, 0.25) is 5.02 Å². The summed E-state index contributed by atoms with van der Waals surface area (Å²) in [7, 11) is 3.61. The van der Waals surface area contributed by atoms with Gasteiger partial charge in [0.15, 0.2) is 0 Å². The minimum Gasteiger partial charge on any atom is -0.363 e. The van der Waals surface area contributed by atoms with Gasteiger partial charge in [-0.2, -0.15) is 4.68 Å². The average Bonchev–Trinajstić information content (AvgIpc) is 3.23. The van der Waals surface area contributed by atoms with E-state index in [0.717, 1.165) is 16.3 Å². The number of amides is 1. The summed E-state index contributed by atoms with van der Waals surface area (Å²) >= 11 is 6.04. The minimum atomic E-state index is -0.438. The highest BCUT2D eigenvalue weighted by Gasteiger charge is 2.17. The number of amidine groups is 1. The van der Waals surface area contributed by atoms with Crippen LogP contribution in [0.15, 0.2) is 60.7 Å². The fourth-order valence-electron chi connectivity index (χ4n) is 2.99. The van der Waals surface area contributed by atoms with Crippen molar-refractivity contribution < 1.29 is 4.79 Å². The lowest BCUT2D eigenvalue weighted by Gasteiger charge is -2.14. The fourth-order valence-corrected chi connectivity index (χ4v) is 3.18. The van der Waals surface area contributed by atoms with Gasteiger partial charge in [0.05, 0.1) is 5.69 Å². The van der Waals surface area contributed by atoms with E-state index >= 15 is 0 Å². The number of rotatable bonds is 4. The third-order valence-electron chi connectivity index (χ3n) is 4.57. The number of aromatic nitrogens is 4. The number of fused-ring (bicyclic) bond motifs is 1. The lowest BCUT2D eigenvalue weighted by atomic mass is 10.1. The number of anilines is 1. The second-order valence-electron chi connectivity index (χ2n) is 6.86. The quantitative estimate of drug-likeness (QED) is 0.389. The van der Waals surface area contributed by atoms with Crippen molar-refractivity contribution in [3.05, 3.63) is 77.1 Å². The molecule has 0 atom stereocenters. The summed E-state index contributed by atoms with van der Waals surface area (Å²) in [6, 6.07) is 18.2. The van der Waals surface area contributed by atoms with Gasteiger partial charge >= 0.3 is 0 Å². The molecule has 3 aromatic carbocycles. The average molecular weight is 420 g/mol. The Morgan fingerprint density at radius 3 is 2.47 bits per heavy atom. The monoisotopic (exact) mass is 419 g/mol. The van der Waals surface area contributed by atoms with Crippen molar-refractivity contribution in [3.63, 3.8) is 0 Å². The predicted molar refractivity (Wildman–Crippen MR) is 117 cm³/mol. The van der Waals surface area contributed by atoms with Crippen molar-refractivity contribution >= 4 is 39.8 Å². The first-order valence-corrected chi connectivity index (χ1v) is 9.46. The van der Waals surface area contributed by atoms with Crippen LogP contribution in [0.3, 0.4) is 0 Å². The van der Waals surface area contributed by atoms with Crippen molar-refractivity contribution in [3.8, 4) is 5.69 Å². The number of benzene rings is 3. The van der Waals surface area contributed by atoms with Gasteiger partial charge in [-0.1, -0.05) is 23.7 Å². The molecule has 0 aliphatic heterocycles. The molecule has 1 aromatic heterocycles. The maximum atomic E-state index is 12.8. The summed E-state index contributed by atoms with van der Waals surface area (Å²) in [6.45, 7) is 0. The van der Waals surface area contributed by atoms with E-state index in [1.807, 2.05) is 30.3 Å². The number of nitrogens with one attached hydrogen (secondary N) is 2. The number of halogens is 1. The highest BCUT2D eigenvalue weighted by Crippen LogP contribution is 2.22. The summed E-state index contributed by atoms with van der Waals surface area (Å²) in [4.78, 5) is 14.5. The second-order valence-corrected chi connectivity index (χ2v) is 7.30. The smallest absolute Gasteiger partial charge is 0.295 e. The van der Waals surface area contributed by atoms with Crippen LogP contribution in [0.1, 0.15) is 16.2 Å². The molecule has 8 nitrogen and oxygen atoms in total. The normalized spacial score (nSPS) is 10.8. The Morgan fingerprint density at radius 1 is 1.03 bits per heavy atom. The maximum Gasteiger partial charge on any atom is 0.295 e. The summed E-state index contributed by atoms with van der Waals surface area (Å²) < 4.78 is 1.39. The standard InChI is InChI=1S/C21H18ClN7O/c1-28(2)19(23)13-4-8-17(9-5-13)24-21(30)20-25-26-27-29(20)18-10-6-14-11-16(22)7-3-15(14)12-18/h3-12,23H,1-2H3,(H,24,30). The summed E-state index contributed by atoms with van der Waals surface area (Å²) in [5.41, 5.74) is 1.99. The third kappa shape index (κ3) is 3.85. The molecule has 0 aliphatic rings. The Kier molecular flexibility index (Phi) is 5.16. The van der Waals surface area contributed by atoms with Gasteiger partial charge in [0.1, 0.15) is 5.84 Å². The molecule has 4 aromatic rings. The van der Waals surface area contributed by atoms with Crippen LogP contribution in [0, 0.1) is 5.41 Å². The first-order chi connectivity index (χ1) is 14.4. The maximum absolute atomic E-state index is 12.8. The molecule has 2 N–H and O–H groups in total. The van der Waals surface area contributed by atoms with E-state index in [0.29, 0.717) is 22.2 Å². The number of hydrogen-bond acceptors (Lipinski definition) is 5. The van der Waals surface area contributed by atoms with Crippen molar-refractivity contribution in [2.75, 3.05) is 19.4 Å². The van der Waals surface area contributed by atoms with Gasteiger partial charge in [0.25, 0.3) is 5.91 Å². The van der Waals surface area contributed by atoms with E-state index in [9.17, 15) is 4.79 Å². The van der Waals surface area contributed by atoms with Gasteiger partial charge in [0.2, 0.25) is 5.82 Å². The summed E-state index contributed by atoms with van der Waals surface area (Å²) in [6.07, 6.45) is 0. The minimum absolute atomic E-state index is 0.0634. The summed E-state index contributed by atoms with van der Waals surface area (Å²) in [5, 5.41) is 24.9. The molecule has 0 aliphatic carbocycles. The Labute approximate surface area is 177 Å². The SMILES string of the molecule is CN(C)C(=N)c1ccc(NC(=O)c2nnnn2-c2ccc3cc(Cl)ccc3c2)cc1. The number of tetrazole rings is 1. The third-order valence-corrected chi connectivity index (χ3v) is 4.80. The number of nitrogens with zero attached hydrogens (tertiary/aromatic N) is 5. The lowest BCUT2D eigenvalue weighted by molar-refractivity contribution is 0.101. The van der Waals surface area contributed by atoms with Gasteiger partial charge in [-0.15, -0.1) is 5.10 Å². The predicted octanol–water partition coefficient (Wildman–Crippen LogP) is 3.61. The highest BCUT2D eigenvalue weighted by atomic mass is 35.5. The van der Waals surface area contributed by atoms with Gasteiger partial charge in [-0.05, 0) is 69.7 Å². The zero-order valence-electron chi connectivity index (χ0n) is 16.3. The van der Waals surface area contributed by atoms with Crippen LogP contribution in [0.4, 0.5) is 5.69 Å². The van der Waals surface area contributed by atoms with E-state index in [1.165, 1.54) is 4.68 Å². The molecule has 150 valence electrons. The molecule has 0 fully saturated rings. The van der Waals surface area contributed by atoms with E-state index in [4.69, 9.17) is 17.0 Å². The van der Waals surface area contributed by atoms with Crippen LogP contribution in [0.25, 0.3) is 16.5 Å². The molecule has 0 saturated carbocycles. The van der Waals surface area contributed by atoms with E-state index in [-0.39, 0.29) is 5.82 Å². The fraction of sp³-hybridized carbons (Fsp3) is 0.0952. The topological polar surface area (TPSA) is 99.8 Å².